The molecule has 1 saturated heterocycles. The molecule has 1 aromatic carbocycles. The average Bonchev–Trinajstić information content (AvgIpc) is 2.96. The van der Waals surface area contributed by atoms with Crippen molar-refractivity contribution in [1.29, 1.82) is 0 Å². The number of carbonyl (C=O) groups excluding carboxylic acids is 1. The Labute approximate surface area is 148 Å². The van der Waals surface area contributed by atoms with Gasteiger partial charge in [0.05, 0.1) is 11.4 Å². The number of nitrogens with zero attached hydrogens (tertiary/aromatic N) is 2. The van der Waals surface area contributed by atoms with Crippen LogP contribution < -0.4 is 5.73 Å². The van der Waals surface area contributed by atoms with Gasteiger partial charge in [-0.25, -0.2) is 8.42 Å². The minimum Gasteiger partial charge on any atom is -0.337 e. The molecule has 1 heterocycles. The van der Waals surface area contributed by atoms with E-state index < -0.39 is 10.0 Å². The highest BCUT2D eigenvalue weighted by Gasteiger charge is 2.30. The Morgan fingerprint density at radius 2 is 2.00 bits per heavy atom. The van der Waals surface area contributed by atoms with Crippen molar-refractivity contribution in [3.05, 3.63) is 29.3 Å². The van der Waals surface area contributed by atoms with Crippen molar-refractivity contribution in [2.75, 3.05) is 26.7 Å². The molecular weight excluding hydrogens is 361 g/mol. The van der Waals surface area contributed by atoms with E-state index in [4.69, 9.17) is 17.3 Å². The lowest BCUT2D eigenvalue weighted by atomic mass is 10.2. The Morgan fingerprint density at radius 3 is 2.57 bits per heavy atom. The Bertz CT molecular complexity index is 637. The van der Waals surface area contributed by atoms with Crippen LogP contribution in [0.2, 0.25) is 5.02 Å². The summed E-state index contributed by atoms with van der Waals surface area (Å²) in [4.78, 5) is 14.1. The van der Waals surface area contributed by atoms with Crippen LogP contribution in [0.5, 0.6) is 0 Å². The van der Waals surface area contributed by atoms with E-state index in [1.54, 1.807) is 4.90 Å². The van der Waals surface area contributed by atoms with E-state index in [9.17, 15) is 13.2 Å². The maximum Gasteiger partial charge on any atom is 0.243 e. The molecule has 2 rings (SSSR count). The molecule has 0 aromatic heterocycles. The summed E-state index contributed by atoms with van der Waals surface area (Å²) in [5.41, 5.74) is 5.65. The molecule has 0 spiro atoms. The second kappa shape index (κ2) is 8.30. The van der Waals surface area contributed by atoms with E-state index in [0.717, 1.165) is 17.1 Å². The number of benzene rings is 1. The predicted octanol–water partition coefficient (Wildman–Crippen LogP) is 1.33. The number of halogens is 2. The normalized spacial score (nSPS) is 18.1. The third kappa shape index (κ3) is 4.58. The molecular formula is C14H21Cl2N3O3S. The van der Waals surface area contributed by atoms with Crippen LogP contribution in [0, 0.1) is 0 Å². The van der Waals surface area contributed by atoms with Gasteiger partial charge in [0, 0.05) is 31.2 Å². The molecule has 1 atom stereocenters. The molecule has 0 aliphatic carbocycles. The van der Waals surface area contributed by atoms with Crippen LogP contribution in [-0.2, 0) is 14.8 Å². The number of hydrogen-bond acceptors (Lipinski definition) is 4. The lowest BCUT2D eigenvalue weighted by molar-refractivity contribution is -0.131. The van der Waals surface area contributed by atoms with Crippen molar-refractivity contribution in [2.24, 2.45) is 5.73 Å². The maximum atomic E-state index is 12.4. The van der Waals surface area contributed by atoms with Crippen LogP contribution >= 0.6 is 24.0 Å². The van der Waals surface area contributed by atoms with Gasteiger partial charge in [-0.15, -0.1) is 12.4 Å². The Balaban J connectivity index is 0.00000264. The largest absolute Gasteiger partial charge is 0.337 e. The number of amides is 1. The standard InChI is InChI=1S/C14H20ClN3O3S.ClH/c1-17(10-14(19)18-8-2-3-12(18)9-16)22(20,21)13-6-4-11(15)5-7-13;/h4-7,12H,2-3,8-10,16H2,1H3;1H. The van der Waals surface area contributed by atoms with E-state index in [1.807, 2.05) is 0 Å². The van der Waals surface area contributed by atoms with Gasteiger partial charge in [0.2, 0.25) is 15.9 Å². The first-order chi connectivity index (χ1) is 10.4. The molecule has 0 radical (unpaired) electrons. The smallest absolute Gasteiger partial charge is 0.243 e. The molecule has 6 nitrogen and oxygen atoms in total. The summed E-state index contributed by atoms with van der Waals surface area (Å²) in [6.45, 7) is 0.844. The number of rotatable bonds is 5. The van der Waals surface area contributed by atoms with Crippen molar-refractivity contribution in [3.8, 4) is 0 Å². The van der Waals surface area contributed by atoms with Crippen molar-refractivity contribution in [3.63, 3.8) is 0 Å². The highest BCUT2D eigenvalue weighted by Crippen LogP contribution is 2.19. The average molecular weight is 382 g/mol. The number of sulfonamides is 1. The Morgan fingerprint density at radius 1 is 1.39 bits per heavy atom. The Kier molecular flexibility index (Phi) is 7.29. The van der Waals surface area contributed by atoms with Gasteiger partial charge in [-0.3, -0.25) is 4.79 Å². The molecule has 1 aliphatic heterocycles. The zero-order valence-corrected chi connectivity index (χ0v) is 15.2. The first-order valence-corrected chi connectivity index (χ1v) is 8.89. The molecule has 2 N–H and O–H groups in total. The summed E-state index contributed by atoms with van der Waals surface area (Å²) in [6.07, 6.45) is 1.77. The van der Waals surface area contributed by atoms with Crippen LogP contribution in [0.3, 0.4) is 0 Å². The van der Waals surface area contributed by atoms with E-state index in [0.29, 0.717) is 18.1 Å². The molecule has 130 valence electrons. The monoisotopic (exact) mass is 381 g/mol. The zero-order chi connectivity index (χ0) is 16.3. The second-order valence-corrected chi connectivity index (χ2v) is 7.82. The van der Waals surface area contributed by atoms with Gasteiger partial charge < -0.3 is 10.6 Å². The van der Waals surface area contributed by atoms with Gasteiger partial charge >= 0.3 is 0 Å². The lowest BCUT2D eigenvalue weighted by Gasteiger charge is -2.26. The van der Waals surface area contributed by atoms with Gasteiger partial charge in [-0.2, -0.15) is 4.31 Å². The van der Waals surface area contributed by atoms with Gasteiger partial charge in [-0.05, 0) is 37.1 Å². The van der Waals surface area contributed by atoms with Gasteiger partial charge in [-0.1, -0.05) is 11.6 Å². The number of likely N-dealkylation sites (tertiary alicyclic amines) is 1. The van der Waals surface area contributed by atoms with E-state index in [-0.39, 0.29) is 35.8 Å². The van der Waals surface area contributed by atoms with Crippen LogP contribution in [0.15, 0.2) is 29.2 Å². The van der Waals surface area contributed by atoms with Crippen LogP contribution in [0.1, 0.15) is 12.8 Å². The highest BCUT2D eigenvalue weighted by molar-refractivity contribution is 7.89. The highest BCUT2D eigenvalue weighted by atomic mass is 35.5. The fourth-order valence-corrected chi connectivity index (χ4v) is 3.81. The number of hydrogen-bond donors (Lipinski definition) is 1. The van der Waals surface area contributed by atoms with Crippen molar-refractivity contribution in [2.45, 2.75) is 23.8 Å². The number of likely N-dealkylation sites (N-methyl/N-ethyl adjacent to an activating group) is 1. The summed E-state index contributed by atoms with van der Waals surface area (Å²) in [7, 11) is -2.31. The van der Waals surface area contributed by atoms with E-state index >= 15 is 0 Å². The summed E-state index contributed by atoms with van der Waals surface area (Å²) in [5.74, 6) is -0.215. The van der Waals surface area contributed by atoms with E-state index in [1.165, 1.54) is 31.3 Å². The third-order valence-electron chi connectivity index (χ3n) is 3.85. The minimum atomic E-state index is -3.71. The topological polar surface area (TPSA) is 83.7 Å². The molecule has 0 bridgehead atoms. The lowest BCUT2D eigenvalue weighted by Crippen LogP contribution is -2.45. The Hall–Kier alpha value is -0.860. The van der Waals surface area contributed by atoms with Crippen LogP contribution in [0.4, 0.5) is 0 Å². The zero-order valence-electron chi connectivity index (χ0n) is 12.8. The van der Waals surface area contributed by atoms with Crippen molar-refractivity contribution >= 4 is 39.9 Å². The fourth-order valence-electron chi connectivity index (χ4n) is 2.56. The summed E-state index contributed by atoms with van der Waals surface area (Å²) < 4.78 is 25.9. The molecule has 9 heteroatoms. The quantitative estimate of drug-likeness (QED) is 0.833. The first-order valence-electron chi connectivity index (χ1n) is 7.07. The van der Waals surface area contributed by atoms with Crippen LogP contribution in [-0.4, -0.2) is 56.3 Å². The molecule has 0 saturated carbocycles. The van der Waals surface area contributed by atoms with E-state index in [2.05, 4.69) is 0 Å². The fraction of sp³-hybridized carbons (Fsp3) is 0.500. The summed E-state index contributed by atoms with van der Waals surface area (Å²) in [5, 5.41) is 0.459. The molecule has 1 unspecified atom stereocenters. The summed E-state index contributed by atoms with van der Waals surface area (Å²) >= 11 is 5.76. The molecule has 1 aliphatic rings. The van der Waals surface area contributed by atoms with Gasteiger partial charge in [0.1, 0.15) is 0 Å². The van der Waals surface area contributed by atoms with Gasteiger partial charge in [0.25, 0.3) is 0 Å². The van der Waals surface area contributed by atoms with Crippen molar-refractivity contribution < 1.29 is 13.2 Å². The maximum absolute atomic E-state index is 12.4. The molecule has 23 heavy (non-hydrogen) atoms. The number of nitrogens with two attached hydrogens (primary N) is 1. The predicted molar refractivity (Wildman–Crippen MR) is 92.3 cm³/mol. The second-order valence-electron chi connectivity index (χ2n) is 5.33. The summed E-state index contributed by atoms with van der Waals surface area (Å²) in [6, 6.07) is 5.89. The molecule has 1 fully saturated rings. The first kappa shape index (κ1) is 20.2. The van der Waals surface area contributed by atoms with Crippen molar-refractivity contribution in [1.82, 2.24) is 9.21 Å². The van der Waals surface area contributed by atoms with Crippen LogP contribution in [0.25, 0.3) is 0 Å². The molecule has 1 aromatic rings. The minimum absolute atomic E-state index is 0. The SMILES string of the molecule is CN(CC(=O)N1CCCC1CN)S(=O)(=O)c1ccc(Cl)cc1.Cl. The van der Waals surface area contributed by atoms with Gasteiger partial charge in [0.15, 0.2) is 0 Å². The third-order valence-corrected chi connectivity index (χ3v) is 5.92. The molecule has 1 amide bonds. The number of carbonyl (C=O) groups is 1.